The van der Waals surface area contributed by atoms with E-state index in [1.165, 1.54) is 36.4 Å². The van der Waals surface area contributed by atoms with Gasteiger partial charge in [-0.1, -0.05) is 49.6 Å². The van der Waals surface area contributed by atoms with E-state index in [4.69, 9.17) is 0 Å². The average Bonchev–Trinajstić information content (AvgIpc) is 2.78. The Balaban J connectivity index is 2.01. The first-order valence-electron chi connectivity index (χ1n) is 10.3. The summed E-state index contributed by atoms with van der Waals surface area (Å²) >= 11 is 0. The van der Waals surface area contributed by atoms with Crippen LogP contribution in [-0.4, -0.2) is 36.4 Å². The van der Waals surface area contributed by atoms with Crippen LogP contribution in [0.5, 0.6) is 11.5 Å². The summed E-state index contributed by atoms with van der Waals surface area (Å²) in [6, 6.07) is 12.1. The Bertz CT molecular complexity index is 962. The molecular formula is C24H20F10O3. The van der Waals surface area contributed by atoms with E-state index in [9.17, 15) is 43.9 Å². The summed E-state index contributed by atoms with van der Waals surface area (Å²) in [6.45, 7) is 5.03. The zero-order chi connectivity index (χ0) is 28.1. The number of hydrogen-bond acceptors (Lipinski definition) is 3. The van der Waals surface area contributed by atoms with E-state index in [1.54, 1.807) is 0 Å². The van der Waals surface area contributed by atoms with Gasteiger partial charge in [0.1, 0.15) is 11.5 Å². The van der Waals surface area contributed by atoms with E-state index < -0.39 is 72.3 Å². The quantitative estimate of drug-likeness (QED) is 0.177. The number of ether oxygens (including phenoxy) is 3. The Hall–Kier alpha value is -3.38. The third-order valence-corrected chi connectivity index (χ3v) is 4.63. The Morgan fingerprint density at radius 3 is 1.19 bits per heavy atom. The van der Waals surface area contributed by atoms with E-state index in [-0.39, 0.29) is 0 Å². The molecule has 204 valence electrons. The van der Waals surface area contributed by atoms with Crippen LogP contribution in [0.25, 0.3) is 0 Å². The van der Waals surface area contributed by atoms with Crippen LogP contribution in [0.2, 0.25) is 0 Å². The SMILES string of the molecule is C=C(OC(=C)C(F)(F)C(F)CC(F)(F)Oc1ccccc1)C(F)(F)C(F)CC(F)(F)Oc1ccccc1. The van der Waals surface area contributed by atoms with Crippen molar-refractivity contribution in [3.05, 3.63) is 85.3 Å². The van der Waals surface area contributed by atoms with Crippen LogP contribution >= 0.6 is 0 Å². The van der Waals surface area contributed by atoms with E-state index >= 15 is 0 Å². The Labute approximate surface area is 204 Å². The number of hydrogen-bond donors (Lipinski definition) is 0. The molecule has 2 unspecified atom stereocenters. The highest BCUT2D eigenvalue weighted by molar-refractivity contribution is 5.22. The Morgan fingerprint density at radius 1 is 0.595 bits per heavy atom. The average molecular weight is 546 g/mol. The summed E-state index contributed by atoms with van der Waals surface area (Å²) in [5.74, 6) is -15.3. The molecule has 0 saturated heterocycles. The van der Waals surface area contributed by atoms with E-state index in [1.807, 2.05) is 0 Å². The summed E-state index contributed by atoms with van der Waals surface area (Å²) in [6.07, 6.45) is -21.0. The lowest BCUT2D eigenvalue weighted by molar-refractivity contribution is -0.213. The summed E-state index contributed by atoms with van der Waals surface area (Å²) in [7, 11) is 0. The number of benzene rings is 2. The van der Waals surface area contributed by atoms with Gasteiger partial charge in [-0.15, -0.1) is 0 Å². The van der Waals surface area contributed by atoms with Crippen molar-refractivity contribution in [2.75, 3.05) is 0 Å². The fraction of sp³-hybridized carbons (Fsp3) is 0.333. The van der Waals surface area contributed by atoms with Crippen molar-refractivity contribution in [3.63, 3.8) is 0 Å². The maximum Gasteiger partial charge on any atom is 0.400 e. The zero-order valence-corrected chi connectivity index (χ0v) is 18.8. The molecule has 0 spiro atoms. The van der Waals surface area contributed by atoms with Crippen LogP contribution < -0.4 is 9.47 Å². The van der Waals surface area contributed by atoms with Gasteiger partial charge in [-0.25, -0.2) is 8.78 Å². The van der Waals surface area contributed by atoms with Gasteiger partial charge in [0.2, 0.25) is 0 Å². The van der Waals surface area contributed by atoms with Gasteiger partial charge in [-0.05, 0) is 24.3 Å². The molecular weight excluding hydrogens is 526 g/mol. The van der Waals surface area contributed by atoms with Crippen molar-refractivity contribution in [1.29, 1.82) is 0 Å². The molecule has 0 radical (unpaired) electrons. The lowest BCUT2D eigenvalue weighted by atomic mass is 10.1. The lowest BCUT2D eigenvalue weighted by Gasteiger charge is -2.29. The van der Waals surface area contributed by atoms with Crippen LogP contribution in [0.3, 0.4) is 0 Å². The molecule has 2 rings (SSSR count). The van der Waals surface area contributed by atoms with Gasteiger partial charge >= 0.3 is 24.1 Å². The molecule has 2 aromatic carbocycles. The largest absolute Gasteiger partial charge is 0.454 e. The summed E-state index contributed by atoms with van der Waals surface area (Å²) in [5.41, 5.74) is 0. The molecule has 0 aliphatic heterocycles. The second-order valence-electron chi connectivity index (χ2n) is 7.64. The molecule has 2 aromatic rings. The van der Waals surface area contributed by atoms with Crippen molar-refractivity contribution in [2.45, 2.75) is 49.2 Å². The monoisotopic (exact) mass is 546 g/mol. The molecule has 0 fully saturated rings. The molecule has 0 amide bonds. The second-order valence-corrected chi connectivity index (χ2v) is 7.64. The van der Waals surface area contributed by atoms with Gasteiger partial charge < -0.3 is 14.2 Å². The first kappa shape index (κ1) is 29.8. The molecule has 0 saturated carbocycles. The topological polar surface area (TPSA) is 27.7 Å². The van der Waals surface area contributed by atoms with Crippen LogP contribution in [0.4, 0.5) is 43.9 Å². The number of rotatable bonds is 14. The predicted octanol–water partition coefficient (Wildman–Crippen LogP) is 8.10. The summed E-state index contributed by atoms with van der Waals surface area (Å²) in [4.78, 5) is 0. The van der Waals surface area contributed by atoms with Gasteiger partial charge in [0.05, 0.1) is 12.8 Å². The second kappa shape index (κ2) is 11.3. The molecule has 13 heteroatoms. The Kier molecular flexibility index (Phi) is 9.15. The summed E-state index contributed by atoms with van der Waals surface area (Å²) < 4.78 is 153. The molecule has 0 bridgehead atoms. The van der Waals surface area contributed by atoms with Crippen molar-refractivity contribution < 1.29 is 58.1 Å². The molecule has 0 aliphatic carbocycles. The zero-order valence-electron chi connectivity index (χ0n) is 18.8. The van der Waals surface area contributed by atoms with Crippen molar-refractivity contribution >= 4 is 0 Å². The van der Waals surface area contributed by atoms with Gasteiger partial charge in [-0.3, -0.25) is 0 Å². The number of halogens is 10. The normalized spacial score (nSPS) is 14.4. The molecule has 0 heterocycles. The Morgan fingerprint density at radius 2 is 0.892 bits per heavy atom. The number of alkyl halides is 10. The minimum Gasteiger partial charge on any atom is -0.454 e. The van der Waals surface area contributed by atoms with E-state index in [0.717, 1.165) is 24.3 Å². The molecule has 3 nitrogen and oxygen atoms in total. The van der Waals surface area contributed by atoms with E-state index in [2.05, 4.69) is 27.4 Å². The van der Waals surface area contributed by atoms with E-state index in [0.29, 0.717) is 0 Å². The highest BCUT2D eigenvalue weighted by Gasteiger charge is 2.54. The van der Waals surface area contributed by atoms with Crippen LogP contribution in [0.1, 0.15) is 12.8 Å². The molecule has 37 heavy (non-hydrogen) atoms. The maximum absolute atomic E-state index is 14.2. The smallest absolute Gasteiger partial charge is 0.400 e. The number of para-hydroxylation sites is 2. The minimum atomic E-state index is -5.02. The highest BCUT2D eigenvalue weighted by Crippen LogP contribution is 2.42. The van der Waals surface area contributed by atoms with Crippen molar-refractivity contribution in [2.24, 2.45) is 0 Å². The first-order valence-corrected chi connectivity index (χ1v) is 10.3. The fourth-order valence-corrected chi connectivity index (χ4v) is 2.71. The van der Waals surface area contributed by atoms with Crippen molar-refractivity contribution in [1.82, 2.24) is 0 Å². The standard InChI is InChI=1S/C24H20F10O3/c1-15(23(31,32)19(25)13-21(27,28)36-17-9-5-3-6-10-17)35-16(2)24(33,34)20(26)14-22(29,30)37-18-11-7-4-8-12-18/h3-12,19-20H,1-2,13-14H2. The van der Waals surface area contributed by atoms with Gasteiger partial charge in [-0.2, -0.15) is 35.1 Å². The fourth-order valence-electron chi connectivity index (χ4n) is 2.71. The highest BCUT2D eigenvalue weighted by atomic mass is 19.3. The summed E-state index contributed by atoms with van der Waals surface area (Å²) in [5, 5.41) is 0. The van der Waals surface area contributed by atoms with Crippen molar-refractivity contribution in [3.8, 4) is 11.5 Å². The van der Waals surface area contributed by atoms with Crippen LogP contribution in [0, 0.1) is 0 Å². The van der Waals surface area contributed by atoms with Gasteiger partial charge in [0.15, 0.2) is 23.9 Å². The number of allylic oxidation sites excluding steroid dienone is 2. The van der Waals surface area contributed by atoms with Crippen LogP contribution in [-0.2, 0) is 4.74 Å². The third kappa shape index (κ3) is 8.32. The lowest BCUT2D eigenvalue weighted by Crippen LogP contribution is -2.42. The minimum absolute atomic E-state index is 0.479. The predicted molar refractivity (Wildman–Crippen MR) is 112 cm³/mol. The van der Waals surface area contributed by atoms with Gasteiger partial charge in [0.25, 0.3) is 0 Å². The molecule has 0 aromatic heterocycles. The third-order valence-electron chi connectivity index (χ3n) is 4.63. The molecule has 2 atom stereocenters. The maximum atomic E-state index is 14.2. The molecule has 0 N–H and O–H groups in total. The van der Waals surface area contributed by atoms with Gasteiger partial charge in [0, 0.05) is 0 Å². The molecule has 0 aliphatic rings. The first-order chi connectivity index (χ1) is 17.0. The van der Waals surface area contributed by atoms with Crippen LogP contribution in [0.15, 0.2) is 85.3 Å².